The van der Waals surface area contributed by atoms with E-state index in [2.05, 4.69) is 25.5 Å². The Kier molecular flexibility index (Phi) is 6.49. The average Bonchev–Trinajstić information content (AvgIpc) is 3.44. The van der Waals surface area contributed by atoms with E-state index < -0.39 is 11.8 Å². The van der Waals surface area contributed by atoms with Crippen LogP contribution in [0, 0.1) is 12.8 Å². The van der Waals surface area contributed by atoms with Crippen molar-refractivity contribution >= 4 is 11.8 Å². The Morgan fingerprint density at radius 2 is 1.86 bits per heavy atom. The normalized spacial score (nSPS) is 27.2. The number of aryl methyl sites for hydroxylation is 1. The van der Waals surface area contributed by atoms with E-state index in [1.54, 1.807) is 12.1 Å². The molecule has 2 amide bonds. The number of methoxy groups -OCH3 is 1. The lowest BCUT2D eigenvalue weighted by atomic mass is 9.81. The Bertz CT molecular complexity index is 1170. The Labute approximate surface area is 212 Å². The Hall–Kier alpha value is -3.02. The molecule has 12 heteroatoms. The van der Waals surface area contributed by atoms with E-state index in [0.29, 0.717) is 36.5 Å². The zero-order chi connectivity index (χ0) is 26.4. The smallest absolute Gasteiger partial charge is 0.369 e. The molecule has 3 aliphatic rings. The van der Waals surface area contributed by atoms with E-state index in [1.165, 1.54) is 6.33 Å². The van der Waals surface area contributed by atoms with Crippen molar-refractivity contribution in [3.63, 3.8) is 0 Å². The molecule has 1 atom stereocenters. The van der Waals surface area contributed by atoms with Crippen LogP contribution in [0.2, 0.25) is 0 Å². The summed E-state index contributed by atoms with van der Waals surface area (Å²) in [7, 11) is 1.09. The molecule has 2 aromatic rings. The lowest BCUT2D eigenvalue weighted by Crippen LogP contribution is -2.54. The molecule has 37 heavy (non-hydrogen) atoms. The van der Waals surface area contributed by atoms with E-state index in [0.717, 1.165) is 25.6 Å². The van der Waals surface area contributed by atoms with Crippen LogP contribution in [-0.4, -0.2) is 73.9 Å². The molecule has 1 spiro atoms. The van der Waals surface area contributed by atoms with E-state index >= 15 is 0 Å². The number of piperidine rings is 1. The minimum Gasteiger partial charge on any atom is -0.369 e. The molecule has 0 radical (unpaired) electrons. The number of aromatic amines is 1. The molecule has 2 aromatic heterocycles. The topological polar surface area (TPSA) is 113 Å². The molecule has 9 nitrogen and oxygen atoms in total. The van der Waals surface area contributed by atoms with Crippen LogP contribution in [0.5, 0.6) is 0 Å². The summed E-state index contributed by atoms with van der Waals surface area (Å²) in [6.07, 6.45) is -0.208. The van der Waals surface area contributed by atoms with Gasteiger partial charge in [-0.05, 0) is 70.4 Å². The van der Waals surface area contributed by atoms with E-state index in [-0.39, 0.29) is 55.0 Å². The summed E-state index contributed by atoms with van der Waals surface area (Å²) >= 11 is 0. The molecule has 2 N–H and O–H groups in total. The maximum absolute atomic E-state index is 13.4. The second-order valence-electron chi connectivity index (χ2n) is 10.6. The molecule has 0 bridgehead atoms. The number of alkyl halides is 3. The number of rotatable bonds is 5. The van der Waals surface area contributed by atoms with Crippen molar-refractivity contribution in [2.24, 2.45) is 5.92 Å². The number of nitrogens with zero attached hydrogens (tertiary/aromatic N) is 4. The largest absolute Gasteiger partial charge is 0.417 e. The quantitative estimate of drug-likeness (QED) is 0.623. The van der Waals surface area contributed by atoms with Gasteiger partial charge in [-0.2, -0.15) is 18.3 Å². The van der Waals surface area contributed by atoms with Crippen LogP contribution in [-0.2, 0) is 9.53 Å². The lowest BCUT2D eigenvalue weighted by Gasteiger charge is -2.42. The van der Waals surface area contributed by atoms with Crippen molar-refractivity contribution in [1.29, 1.82) is 0 Å². The number of H-pyrrole nitrogens is 1. The first-order valence-electron chi connectivity index (χ1n) is 12.6. The summed E-state index contributed by atoms with van der Waals surface area (Å²) in [5.41, 5.74) is -0.114. The van der Waals surface area contributed by atoms with E-state index in [1.807, 2.05) is 11.8 Å². The number of aromatic nitrogens is 4. The number of likely N-dealkylation sites (tertiary alicyclic amines) is 1. The maximum Gasteiger partial charge on any atom is 0.417 e. The third-order valence-electron chi connectivity index (χ3n) is 8.27. The number of nitrogens with one attached hydrogen (secondary N) is 2. The van der Waals surface area contributed by atoms with Crippen molar-refractivity contribution in [1.82, 2.24) is 30.4 Å². The number of hydrogen-bond donors (Lipinski definition) is 2. The molecule has 1 saturated heterocycles. The highest BCUT2D eigenvalue weighted by Gasteiger charge is 2.57. The molecule has 0 aromatic carbocycles. The molecule has 200 valence electrons. The fourth-order valence-electron chi connectivity index (χ4n) is 5.81. The standard InChI is InChI=1S/C25H31F3N6O3/c1-15-11-18(30-14-29-15)19-12-20(33-32-19)22(36)34-10-5-16(13-23(34)8-9-23)21(35)31-17-3-6-24(37-2,7-4-17)25(26,27)28/h11-12,14,16-17H,3-10,13H2,1-2H3,(H,31,35)(H,32,33)/t16-,17?,24?/m0/s1. The predicted octanol–water partition coefficient (Wildman–Crippen LogP) is 3.57. The summed E-state index contributed by atoms with van der Waals surface area (Å²) in [5.74, 6) is -0.594. The highest BCUT2D eigenvalue weighted by Crippen LogP contribution is 2.51. The van der Waals surface area contributed by atoms with Gasteiger partial charge in [-0.15, -0.1) is 0 Å². The molecule has 5 rings (SSSR count). The number of hydrogen-bond acceptors (Lipinski definition) is 6. The van der Waals surface area contributed by atoms with E-state index in [9.17, 15) is 22.8 Å². The van der Waals surface area contributed by atoms with Crippen molar-refractivity contribution in [2.45, 2.75) is 81.6 Å². The van der Waals surface area contributed by atoms with Crippen LogP contribution in [0.3, 0.4) is 0 Å². The number of ether oxygens (including phenoxy) is 1. The molecular weight excluding hydrogens is 489 g/mol. The minimum atomic E-state index is -4.43. The van der Waals surface area contributed by atoms with Gasteiger partial charge < -0.3 is 15.0 Å². The number of amides is 2. The van der Waals surface area contributed by atoms with Gasteiger partial charge in [-0.25, -0.2) is 9.97 Å². The summed E-state index contributed by atoms with van der Waals surface area (Å²) in [6.45, 7) is 2.28. The number of carbonyl (C=O) groups is 2. The summed E-state index contributed by atoms with van der Waals surface area (Å²) < 4.78 is 45.2. The molecule has 2 saturated carbocycles. The first-order chi connectivity index (χ1) is 17.6. The van der Waals surface area contributed by atoms with Crippen LogP contribution in [0.25, 0.3) is 11.4 Å². The van der Waals surface area contributed by atoms with Crippen LogP contribution >= 0.6 is 0 Å². The van der Waals surface area contributed by atoms with Gasteiger partial charge >= 0.3 is 6.18 Å². The van der Waals surface area contributed by atoms with Gasteiger partial charge in [-0.1, -0.05) is 0 Å². The minimum absolute atomic E-state index is 0.138. The average molecular weight is 521 g/mol. The maximum atomic E-state index is 13.4. The third-order valence-corrected chi connectivity index (χ3v) is 8.27. The Balaban J connectivity index is 1.19. The van der Waals surface area contributed by atoms with Crippen molar-refractivity contribution in [2.75, 3.05) is 13.7 Å². The van der Waals surface area contributed by atoms with Crippen LogP contribution < -0.4 is 5.32 Å². The molecule has 1 aliphatic heterocycles. The van der Waals surface area contributed by atoms with Gasteiger partial charge in [0.1, 0.15) is 6.33 Å². The first kappa shape index (κ1) is 25.6. The van der Waals surface area contributed by atoms with Gasteiger partial charge in [-0.3, -0.25) is 14.7 Å². The Morgan fingerprint density at radius 3 is 2.49 bits per heavy atom. The van der Waals surface area contributed by atoms with Gasteiger partial charge in [0, 0.05) is 36.8 Å². The summed E-state index contributed by atoms with van der Waals surface area (Å²) in [5, 5.41) is 10.1. The van der Waals surface area contributed by atoms with Crippen molar-refractivity contribution in [3.05, 3.63) is 29.8 Å². The highest BCUT2D eigenvalue weighted by molar-refractivity contribution is 5.94. The monoisotopic (exact) mass is 520 g/mol. The molecular formula is C25H31F3N6O3. The molecule has 2 aliphatic carbocycles. The lowest BCUT2D eigenvalue weighted by molar-refractivity contribution is -0.280. The molecule has 3 fully saturated rings. The van der Waals surface area contributed by atoms with Gasteiger partial charge in [0.25, 0.3) is 5.91 Å². The van der Waals surface area contributed by atoms with Gasteiger partial charge in [0.15, 0.2) is 11.3 Å². The van der Waals surface area contributed by atoms with Crippen molar-refractivity contribution < 1.29 is 27.5 Å². The fourth-order valence-corrected chi connectivity index (χ4v) is 5.81. The highest BCUT2D eigenvalue weighted by atomic mass is 19.4. The second-order valence-corrected chi connectivity index (χ2v) is 10.6. The zero-order valence-corrected chi connectivity index (χ0v) is 20.9. The fraction of sp³-hybridized carbons (Fsp3) is 0.640. The van der Waals surface area contributed by atoms with Gasteiger partial charge in [0.05, 0.1) is 11.4 Å². The van der Waals surface area contributed by atoms with Crippen molar-refractivity contribution in [3.8, 4) is 11.4 Å². The first-order valence-corrected chi connectivity index (χ1v) is 12.6. The zero-order valence-electron chi connectivity index (χ0n) is 20.9. The second kappa shape index (κ2) is 9.38. The van der Waals surface area contributed by atoms with E-state index in [4.69, 9.17) is 4.74 Å². The molecule has 0 unspecified atom stereocenters. The SMILES string of the molecule is COC1(C(F)(F)F)CCC(NC(=O)[C@H]2CCN(C(=O)c3cc(-c4cc(C)ncn4)[nH]n3)C3(CC3)C2)CC1. The van der Waals surface area contributed by atoms with Crippen LogP contribution in [0.1, 0.15) is 67.5 Å². The van der Waals surface area contributed by atoms with Gasteiger partial charge in [0.2, 0.25) is 5.91 Å². The van der Waals surface area contributed by atoms with Crippen LogP contribution in [0.15, 0.2) is 18.5 Å². The predicted molar refractivity (Wildman–Crippen MR) is 126 cm³/mol. The third kappa shape index (κ3) is 4.83. The Morgan fingerprint density at radius 1 is 1.14 bits per heavy atom. The molecule has 3 heterocycles. The summed E-state index contributed by atoms with van der Waals surface area (Å²) in [6, 6.07) is 3.18. The number of carbonyl (C=O) groups excluding carboxylic acids is 2. The number of halogens is 3. The summed E-state index contributed by atoms with van der Waals surface area (Å²) in [4.78, 5) is 36.5. The van der Waals surface area contributed by atoms with Crippen LogP contribution in [0.4, 0.5) is 13.2 Å².